The number of carboxylic acid groups (broad SMARTS) is 1. The molecular formula is C34H32N4O6. The Morgan fingerprint density at radius 3 is 2.43 bits per heavy atom. The summed E-state index contributed by atoms with van der Waals surface area (Å²) in [5.74, 6) is -1.92. The van der Waals surface area contributed by atoms with Crippen LogP contribution in [0.1, 0.15) is 46.2 Å². The van der Waals surface area contributed by atoms with Crippen LogP contribution < -0.4 is 10.6 Å². The third-order valence-electron chi connectivity index (χ3n) is 7.36. The Hall–Kier alpha value is -5.51. The molecule has 0 aliphatic carbocycles. The molecule has 1 heterocycles. The first-order valence-electron chi connectivity index (χ1n) is 14.2. The lowest BCUT2D eigenvalue weighted by Crippen LogP contribution is -2.32. The molecule has 224 valence electrons. The molecule has 0 spiro atoms. The number of amides is 2. The number of nitrogens with zero attached hydrogens (tertiary/aromatic N) is 2. The average Bonchev–Trinajstić information content (AvgIpc) is 3.40. The summed E-state index contributed by atoms with van der Waals surface area (Å²) >= 11 is 0. The third-order valence-corrected chi connectivity index (χ3v) is 7.36. The van der Waals surface area contributed by atoms with Crippen molar-refractivity contribution in [1.82, 2.24) is 20.2 Å². The summed E-state index contributed by atoms with van der Waals surface area (Å²) in [6.45, 7) is 0.175. The maximum Gasteiger partial charge on any atom is 0.325 e. The van der Waals surface area contributed by atoms with Crippen molar-refractivity contribution < 1.29 is 29.0 Å². The Morgan fingerprint density at radius 1 is 0.909 bits per heavy atom. The van der Waals surface area contributed by atoms with E-state index >= 15 is 0 Å². The minimum absolute atomic E-state index is 0.176. The van der Waals surface area contributed by atoms with Crippen LogP contribution in [0.2, 0.25) is 0 Å². The number of hydrogen-bond donors (Lipinski definition) is 3. The van der Waals surface area contributed by atoms with Gasteiger partial charge in [0.25, 0.3) is 5.91 Å². The lowest BCUT2D eigenvalue weighted by atomic mass is 9.98. The number of hydrogen-bond acceptors (Lipinski definition) is 6. The fraction of sp³-hybridized carbons (Fsp3) is 0.206. The maximum absolute atomic E-state index is 13.1. The summed E-state index contributed by atoms with van der Waals surface area (Å²) in [4.78, 5) is 53.6. The van der Waals surface area contributed by atoms with Gasteiger partial charge in [-0.25, -0.2) is 4.98 Å². The van der Waals surface area contributed by atoms with E-state index in [1.165, 1.54) is 7.11 Å². The molecule has 10 heteroatoms. The second-order valence-electron chi connectivity index (χ2n) is 10.4. The van der Waals surface area contributed by atoms with Gasteiger partial charge in [-0.1, -0.05) is 72.8 Å². The molecule has 10 nitrogen and oxygen atoms in total. The zero-order chi connectivity index (χ0) is 31.1. The van der Waals surface area contributed by atoms with E-state index in [9.17, 15) is 19.2 Å². The quantitative estimate of drug-likeness (QED) is 0.182. The molecule has 0 fully saturated rings. The molecule has 0 bridgehead atoms. The molecule has 4 aromatic carbocycles. The fourth-order valence-electron chi connectivity index (χ4n) is 5.20. The number of fused-ring (bicyclic) bond motifs is 2. The van der Waals surface area contributed by atoms with E-state index in [-0.39, 0.29) is 19.4 Å². The van der Waals surface area contributed by atoms with Crippen LogP contribution in [0.4, 0.5) is 0 Å². The van der Waals surface area contributed by atoms with Crippen LogP contribution in [0.5, 0.6) is 0 Å². The highest BCUT2D eigenvalue weighted by atomic mass is 16.5. The minimum atomic E-state index is -1.06. The fourth-order valence-corrected chi connectivity index (χ4v) is 5.20. The van der Waals surface area contributed by atoms with Gasteiger partial charge in [-0.3, -0.25) is 19.2 Å². The van der Waals surface area contributed by atoms with Gasteiger partial charge in [-0.15, -0.1) is 0 Å². The molecule has 3 N–H and O–H groups in total. The second-order valence-corrected chi connectivity index (χ2v) is 10.4. The van der Waals surface area contributed by atoms with Gasteiger partial charge >= 0.3 is 11.9 Å². The highest BCUT2D eigenvalue weighted by Gasteiger charge is 2.25. The van der Waals surface area contributed by atoms with E-state index in [1.54, 1.807) is 18.2 Å². The van der Waals surface area contributed by atoms with Gasteiger partial charge in [0.2, 0.25) is 5.91 Å². The molecule has 1 aromatic heterocycles. The molecule has 5 aromatic rings. The monoisotopic (exact) mass is 592 g/mol. The summed E-state index contributed by atoms with van der Waals surface area (Å²) in [6.07, 6.45) is -0.0765. The highest BCUT2D eigenvalue weighted by Crippen LogP contribution is 2.29. The van der Waals surface area contributed by atoms with Crippen molar-refractivity contribution in [2.45, 2.75) is 31.8 Å². The number of carboxylic acids is 1. The van der Waals surface area contributed by atoms with Gasteiger partial charge in [0.1, 0.15) is 12.4 Å². The third kappa shape index (κ3) is 7.09. The van der Waals surface area contributed by atoms with E-state index < -0.39 is 29.8 Å². The number of ether oxygens (including phenoxy) is 1. The number of aromatic nitrogens is 2. The predicted octanol–water partition coefficient (Wildman–Crippen LogP) is 4.41. The van der Waals surface area contributed by atoms with Crippen molar-refractivity contribution in [2.24, 2.45) is 0 Å². The number of aliphatic carboxylic acids is 1. The van der Waals surface area contributed by atoms with Gasteiger partial charge in [0.15, 0.2) is 0 Å². The molecule has 1 atom stereocenters. The zero-order valence-corrected chi connectivity index (χ0v) is 24.2. The highest BCUT2D eigenvalue weighted by molar-refractivity contribution is 5.98. The topological polar surface area (TPSA) is 140 Å². The van der Waals surface area contributed by atoms with Crippen molar-refractivity contribution in [1.29, 1.82) is 0 Å². The number of rotatable bonds is 12. The largest absolute Gasteiger partial charge is 0.481 e. The van der Waals surface area contributed by atoms with Crippen molar-refractivity contribution in [2.75, 3.05) is 13.7 Å². The van der Waals surface area contributed by atoms with Crippen molar-refractivity contribution in [3.63, 3.8) is 0 Å². The Balaban J connectivity index is 1.59. The number of imidazole rings is 1. The second kappa shape index (κ2) is 13.6. The van der Waals surface area contributed by atoms with E-state index in [4.69, 9.17) is 10.1 Å². The number of carbonyl (C=O) groups is 4. The molecule has 5 rings (SSSR count). The summed E-state index contributed by atoms with van der Waals surface area (Å²) in [5, 5.41) is 16.9. The number of carbonyl (C=O) groups excluding carboxylic acids is 3. The minimum Gasteiger partial charge on any atom is -0.481 e. The first kappa shape index (κ1) is 30.0. The van der Waals surface area contributed by atoms with Gasteiger partial charge < -0.3 is 25.0 Å². The van der Waals surface area contributed by atoms with Crippen LogP contribution in [0.15, 0.2) is 91.0 Å². The lowest BCUT2D eigenvalue weighted by molar-refractivity contribution is -0.139. The van der Waals surface area contributed by atoms with Crippen LogP contribution >= 0.6 is 0 Å². The van der Waals surface area contributed by atoms with Gasteiger partial charge in [-0.05, 0) is 40.1 Å². The molecule has 0 aliphatic rings. The molecule has 44 heavy (non-hydrogen) atoms. The first-order valence-corrected chi connectivity index (χ1v) is 14.2. The number of methoxy groups -OCH3 is 1. The predicted molar refractivity (Wildman–Crippen MR) is 165 cm³/mol. The Kier molecular flexibility index (Phi) is 9.29. The van der Waals surface area contributed by atoms with Gasteiger partial charge in [-0.2, -0.15) is 0 Å². The van der Waals surface area contributed by atoms with E-state index in [1.807, 2.05) is 77.4 Å². The average molecular weight is 593 g/mol. The SMILES string of the molecule is COC(=O)CNC(=O)c1ccc2c(c1)nc(C(Cc1cccc3ccccc13)NC(=O)CCC(=O)O)n2Cc1ccccc1. The lowest BCUT2D eigenvalue weighted by Gasteiger charge is -2.21. The standard InChI is InChI=1S/C34H32N4O6/c1-44-32(42)20-35-34(43)25-14-15-29-27(19-25)37-33(38(29)21-22-8-3-2-4-9-22)28(36-30(39)16-17-31(40)41)18-24-12-7-11-23-10-5-6-13-26(23)24/h2-15,19,28H,16-18,20-21H2,1H3,(H,35,43)(H,36,39)(H,40,41). The summed E-state index contributed by atoms with van der Waals surface area (Å²) in [5.41, 5.74) is 3.59. The molecule has 0 saturated carbocycles. The van der Waals surface area contributed by atoms with Crippen LogP contribution in [0, 0.1) is 0 Å². The van der Waals surface area contributed by atoms with Crippen molar-refractivity contribution in [3.05, 3.63) is 114 Å². The van der Waals surface area contributed by atoms with Crippen molar-refractivity contribution >= 4 is 45.6 Å². The van der Waals surface area contributed by atoms with Gasteiger partial charge in [0, 0.05) is 24.9 Å². The first-order chi connectivity index (χ1) is 21.3. The Morgan fingerprint density at radius 2 is 1.66 bits per heavy atom. The van der Waals surface area contributed by atoms with Crippen LogP contribution in [0.3, 0.4) is 0 Å². The maximum atomic E-state index is 13.1. The number of benzene rings is 4. The zero-order valence-electron chi connectivity index (χ0n) is 24.2. The molecule has 0 aliphatic heterocycles. The van der Waals surface area contributed by atoms with E-state index in [0.29, 0.717) is 29.9 Å². The molecular weight excluding hydrogens is 560 g/mol. The van der Waals surface area contributed by atoms with E-state index in [2.05, 4.69) is 15.4 Å². The molecule has 2 amide bonds. The van der Waals surface area contributed by atoms with Crippen LogP contribution in [0.25, 0.3) is 21.8 Å². The molecule has 0 radical (unpaired) electrons. The van der Waals surface area contributed by atoms with Crippen LogP contribution in [-0.4, -0.2) is 52.1 Å². The Bertz CT molecular complexity index is 1830. The number of nitrogens with one attached hydrogen (secondary N) is 2. The smallest absolute Gasteiger partial charge is 0.325 e. The van der Waals surface area contributed by atoms with Gasteiger partial charge in [0.05, 0.1) is 30.6 Å². The summed E-state index contributed by atoms with van der Waals surface area (Å²) in [6, 6.07) is 28.3. The van der Waals surface area contributed by atoms with Crippen molar-refractivity contribution in [3.8, 4) is 0 Å². The van der Waals surface area contributed by atoms with E-state index in [0.717, 1.165) is 27.4 Å². The normalized spacial score (nSPS) is 11.7. The Labute approximate surface area is 253 Å². The summed E-state index contributed by atoms with van der Waals surface area (Å²) < 4.78 is 6.62. The molecule has 0 saturated heterocycles. The summed E-state index contributed by atoms with van der Waals surface area (Å²) in [7, 11) is 1.25. The van der Waals surface area contributed by atoms with Crippen LogP contribution in [-0.2, 0) is 32.1 Å². The number of esters is 1. The molecule has 1 unspecified atom stereocenters.